The first-order chi connectivity index (χ1) is 67.0. The van der Waals surface area contributed by atoms with Crippen LogP contribution in [-0.4, -0.2) is 134 Å². The van der Waals surface area contributed by atoms with E-state index in [1.54, 1.807) is 52.2 Å². The van der Waals surface area contributed by atoms with Gasteiger partial charge in [0, 0.05) is 107 Å². The molecule has 22 nitrogen and oxygen atoms in total. The summed E-state index contributed by atoms with van der Waals surface area (Å²) in [6.45, 7) is 29.6. The van der Waals surface area contributed by atoms with E-state index in [1.165, 1.54) is 22.2 Å². The van der Waals surface area contributed by atoms with Crippen molar-refractivity contribution in [3.63, 3.8) is 0 Å². The molecular weight excluding hydrogens is 1890 g/mol. The number of alkyl halides is 1. The van der Waals surface area contributed by atoms with Gasteiger partial charge in [-0.2, -0.15) is 0 Å². The molecular formula is C113H124BrClCuFN9O13. The van der Waals surface area contributed by atoms with Gasteiger partial charge in [-0.25, -0.2) is 9.59 Å². The quantitative estimate of drug-likeness (QED) is 0.0288. The molecule has 5 aromatic heterocycles. The Hall–Kier alpha value is -14.2. The summed E-state index contributed by atoms with van der Waals surface area (Å²) in [5.74, 6) is 2.24. The molecule has 0 saturated carbocycles. The molecule has 139 heavy (non-hydrogen) atoms. The summed E-state index contributed by atoms with van der Waals surface area (Å²) in [4.78, 5) is 64.1. The number of aryl methyl sites for hydroxylation is 6. The molecule has 0 unspecified atom stereocenters. The number of fused-ring (bicyclic) bond motifs is 5. The number of amides is 2. The number of halogens is 3. The molecule has 0 radical (unpaired) electrons. The molecule has 0 bridgehead atoms. The van der Waals surface area contributed by atoms with Crippen molar-refractivity contribution in [3.05, 3.63) is 375 Å². The van der Waals surface area contributed by atoms with Gasteiger partial charge in [0.2, 0.25) is 0 Å². The second-order valence-electron chi connectivity index (χ2n) is 33.5. The third kappa shape index (κ3) is 30.4. The number of rotatable bonds is 21. The van der Waals surface area contributed by atoms with E-state index >= 15 is 0 Å². The van der Waals surface area contributed by atoms with Gasteiger partial charge in [0.25, 0.3) is 17.1 Å². The molecule has 0 aliphatic heterocycles. The number of hydrogen-bond acceptors (Lipinski definition) is 13. The van der Waals surface area contributed by atoms with Crippen LogP contribution >= 0.6 is 27.5 Å². The van der Waals surface area contributed by atoms with Crippen LogP contribution in [0.15, 0.2) is 302 Å². The maximum atomic E-state index is 13.8. The number of hydrogen-bond donors (Lipinski definition) is 6. The molecule has 2 amide bonds. The molecule has 0 saturated heterocycles. The molecule has 17 rings (SSSR count). The SMILES string of the molecule is CC(C)N.COc1ccc(-n2c(C(=O)NC(C)C)cc3ccccc32)cc1.COc1ccc(-n2c(C(=O)O)cc3ccccc32)cc1.COc1ccc(-n2c(CN(C(=O)c3c(C)cc(C)cc3C)C(C)C)cc3ccccc32)cc1.COc1ccc(-n2c(CNC(C)C)cc3ccccc32)cc1.COc1ccc(Br)cc1.Cc1cc(C)c(C(=O)Cl)c(C)c1.O=C(O)c1cc2ccccc2[nH]1.[2H]CF.[O]=[Cu]. The van der Waals surface area contributed by atoms with Crippen LogP contribution in [0.4, 0.5) is 4.39 Å². The third-order valence-corrected chi connectivity index (χ3v) is 22.4. The predicted molar refractivity (Wildman–Crippen MR) is 560 cm³/mol. The Morgan fingerprint density at radius 2 is 0.755 bits per heavy atom. The van der Waals surface area contributed by atoms with Gasteiger partial charge in [-0.05, 0) is 291 Å². The summed E-state index contributed by atoms with van der Waals surface area (Å²) in [5, 5.41) is 29.4. The number of carbonyl (C=O) groups excluding carboxylic acids is 3. The molecule has 26 heteroatoms. The number of carbonyl (C=O) groups is 5. The van der Waals surface area contributed by atoms with Crippen LogP contribution in [0.3, 0.4) is 0 Å². The number of nitrogens with one attached hydrogen (secondary N) is 3. The Bertz CT molecular complexity index is 6840. The van der Waals surface area contributed by atoms with Crippen molar-refractivity contribution in [1.29, 1.82) is 0 Å². The number of aromatic amines is 1. The minimum atomic E-state index is -1.00. The van der Waals surface area contributed by atoms with Crippen molar-refractivity contribution >= 4 is 111 Å². The number of H-pyrrole nitrogens is 1. The van der Waals surface area contributed by atoms with Crippen molar-refractivity contribution in [1.82, 2.24) is 38.8 Å². The van der Waals surface area contributed by atoms with Crippen LogP contribution in [-0.2, 0) is 32.9 Å². The van der Waals surface area contributed by atoms with Crippen molar-refractivity contribution in [2.45, 2.75) is 134 Å². The number of para-hydroxylation sites is 5. The zero-order valence-corrected chi connectivity index (χ0v) is 85.1. The first-order valence-electron chi connectivity index (χ1n) is 45.5. The van der Waals surface area contributed by atoms with E-state index in [9.17, 15) is 33.5 Å². The number of carboxylic acids is 2. The molecule has 731 valence electrons. The molecule has 17 aromatic rings. The zero-order chi connectivity index (χ0) is 103. The molecule has 0 aliphatic rings. The summed E-state index contributed by atoms with van der Waals surface area (Å²) in [6, 6.07) is 97.6. The van der Waals surface area contributed by atoms with Crippen LogP contribution < -0.4 is 40.1 Å². The fourth-order valence-corrected chi connectivity index (χ4v) is 16.2. The molecule has 7 N–H and O–H groups in total. The summed E-state index contributed by atoms with van der Waals surface area (Å²) in [7, 11) is 7.26. The number of aromatic nitrogens is 5. The summed E-state index contributed by atoms with van der Waals surface area (Å²) >= 11 is 11.7. The van der Waals surface area contributed by atoms with Crippen molar-refractivity contribution in [2.24, 2.45) is 5.73 Å². The molecule has 0 atom stereocenters. The fourth-order valence-electron chi connectivity index (χ4n) is 15.6. The van der Waals surface area contributed by atoms with Crippen LogP contribution in [0.2, 0.25) is 0 Å². The second-order valence-corrected chi connectivity index (χ2v) is 34.8. The van der Waals surface area contributed by atoms with Gasteiger partial charge in [-0.1, -0.05) is 170 Å². The van der Waals surface area contributed by atoms with E-state index in [1.807, 2.05) is 260 Å². The number of nitrogens with two attached hydrogens (primary N) is 1. The minimum absolute atomic E-state index is 0.0555. The summed E-state index contributed by atoms with van der Waals surface area (Å²) < 4.78 is 58.6. The zero-order valence-electron chi connectivity index (χ0n) is 82.9. The van der Waals surface area contributed by atoms with Crippen molar-refractivity contribution in [3.8, 4) is 51.5 Å². The van der Waals surface area contributed by atoms with Crippen LogP contribution in [0.5, 0.6) is 28.7 Å². The molecule has 0 fully saturated rings. The van der Waals surface area contributed by atoms with Crippen molar-refractivity contribution < 1.29 is 83.4 Å². The molecule has 0 spiro atoms. The molecule has 12 aromatic carbocycles. The summed E-state index contributed by atoms with van der Waals surface area (Å²) in [5.41, 5.74) is 25.3. The van der Waals surface area contributed by atoms with Gasteiger partial charge in [0.1, 0.15) is 45.8 Å². The summed E-state index contributed by atoms with van der Waals surface area (Å²) in [6.07, 6.45) is 0. The predicted octanol–water partition coefficient (Wildman–Crippen LogP) is 26.0. The Kier molecular flexibility index (Phi) is 42.2. The normalized spacial score (nSPS) is 10.6. The second kappa shape index (κ2) is 54.1. The van der Waals surface area contributed by atoms with Crippen LogP contribution in [0.1, 0.15) is 154 Å². The third-order valence-electron chi connectivity index (χ3n) is 21.7. The Morgan fingerprint density at radius 1 is 0.439 bits per heavy atom. The number of ether oxygens (including phenoxy) is 5. The first kappa shape index (κ1) is 108. The van der Waals surface area contributed by atoms with E-state index in [0.29, 0.717) is 29.9 Å². The van der Waals surface area contributed by atoms with Crippen LogP contribution in [0, 0.1) is 41.5 Å². The fraction of sp³-hybridized carbons (Fsp3) is 0.230. The van der Waals surface area contributed by atoms with E-state index in [4.69, 9.17) is 51.3 Å². The maximum absolute atomic E-state index is 13.8. The topological polar surface area (TPSA) is 278 Å². The first-order valence-corrected chi connectivity index (χ1v) is 46.4. The van der Waals surface area contributed by atoms with E-state index in [-0.39, 0.29) is 40.5 Å². The average Bonchev–Trinajstić information content (AvgIpc) is 1.62. The molecule has 5 heterocycles. The van der Waals surface area contributed by atoms with E-state index in [0.717, 1.165) is 145 Å². The van der Waals surface area contributed by atoms with Crippen molar-refractivity contribution in [2.75, 3.05) is 42.7 Å². The Morgan fingerprint density at radius 3 is 1.10 bits per heavy atom. The van der Waals surface area contributed by atoms with Crippen LogP contribution in [0.25, 0.3) is 77.3 Å². The number of methoxy groups -OCH3 is 5. The average molecular weight is 2020 g/mol. The number of benzene rings is 12. The Labute approximate surface area is 836 Å². The van der Waals surface area contributed by atoms with Gasteiger partial charge >= 0.3 is 31.7 Å². The van der Waals surface area contributed by atoms with Gasteiger partial charge < -0.3 is 78.4 Å². The van der Waals surface area contributed by atoms with E-state index in [2.05, 4.69) is 188 Å². The van der Waals surface area contributed by atoms with Gasteiger partial charge in [0.15, 0.2) is 0 Å². The monoisotopic (exact) mass is 2010 g/mol. The Balaban J connectivity index is 0.000000203. The van der Waals surface area contributed by atoms with E-state index < -0.39 is 19.1 Å². The number of aromatic carboxylic acids is 2. The van der Waals surface area contributed by atoms with Gasteiger partial charge in [0.05, 0.1) is 72.7 Å². The number of nitrogens with zero attached hydrogens (tertiary/aromatic N) is 5. The van der Waals surface area contributed by atoms with Gasteiger partial charge in [-0.15, -0.1) is 0 Å². The van der Waals surface area contributed by atoms with Gasteiger partial charge in [-0.3, -0.25) is 18.8 Å². The standard InChI is InChI=1S/C29H32N2O2.C19H20N2O2.C19H22N2O.C16H13NO3.C10H11ClO.C9H7NO2.C7H7BrO.C3H9N.CH3F.Cu.O/c1-19(2)30(29(32)28-21(4)15-20(3)16-22(28)5)18-25-17-23-9-7-8-10-27(23)31(25)24-11-13-26(33-6)14-12-24;1-13(2)20-19(22)18-12-14-6-4-5-7-17(14)21(18)15-8-10-16(23-3)11-9-15;1-14(2)20-13-17-12-15-6-4-5-7-19(15)21(17)16-8-10-18(22-3)11-9-16;1-20-13-8-6-12(7-9-13)17-14-5-3-2-4-11(14)10-15(17)16(18)19;1-6-4-7(2)9(10(11)12)8(3)5-6;11-9(12)8-5-6-3-1-2-4-7(6)10-8;1-9-7-4-2-6(8)3-5-7;1-3(2)4;1-2;;/h7-17,19H,18H2,1-6H3;4-13H,1-3H3,(H,20,22);4-12,14,20H,13H2,1-3H3;2-10H,1H3,(H,18,19);4-5H,1-3H3;1-5,10H,(H,11,12);2-5H,1H3;3H,4H2,1-2H3;1H3;;/i;;;;;;;;1D;;. The molecule has 0 aliphatic carbocycles. The number of carboxylic acid groups (broad SMARTS) is 2.